The number of anilines is 2. The van der Waals surface area contributed by atoms with Gasteiger partial charge in [-0.05, 0) is 74.4 Å². The molecule has 27 heavy (non-hydrogen) atoms. The molecule has 2 aliphatic rings. The molecule has 1 saturated heterocycles. The fraction of sp³-hybridized carbons (Fsp3) is 0.391. The van der Waals surface area contributed by atoms with Crippen molar-refractivity contribution < 1.29 is 9.59 Å². The number of fused-ring (bicyclic) bond motifs is 1. The van der Waals surface area contributed by atoms with Gasteiger partial charge >= 0.3 is 0 Å². The first kappa shape index (κ1) is 17.8. The summed E-state index contributed by atoms with van der Waals surface area (Å²) >= 11 is 0. The molecule has 1 aliphatic heterocycles. The van der Waals surface area contributed by atoms with E-state index in [1.807, 2.05) is 19.9 Å². The third kappa shape index (κ3) is 3.36. The van der Waals surface area contributed by atoms with Gasteiger partial charge in [0, 0.05) is 24.3 Å². The molecule has 0 bridgehead atoms. The van der Waals surface area contributed by atoms with Gasteiger partial charge in [-0.15, -0.1) is 0 Å². The third-order valence-corrected chi connectivity index (χ3v) is 5.81. The van der Waals surface area contributed by atoms with Crippen molar-refractivity contribution in [2.75, 3.05) is 16.8 Å². The van der Waals surface area contributed by atoms with E-state index in [4.69, 9.17) is 0 Å². The second-order valence-corrected chi connectivity index (χ2v) is 7.97. The highest BCUT2D eigenvalue weighted by Crippen LogP contribution is 2.31. The normalized spacial score (nSPS) is 18.7. The van der Waals surface area contributed by atoms with Gasteiger partial charge in [-0.3, -0.25) is 9.59 Å². The van der Waals surface area contributed by atoms with Gasteiger partial charge < -0.3 is 10.2 Å². The predicted molar refractivity (Wildman–Crippen MR) is 108 cm³/mol. The average molecular weight is 362 g/mol. The van der Waals surface area contributed by atoms with Gasteiger partial charge in [0.1, 0.15) is 0 Å². The molecule has 0 radical (unpaired) electrons. The number of amides is 2. The molecule has 1 unspecified atom stereocenters. The van der Waals surface area contributed by atoms with Crippen LogP contribution in [0.4, 0.5) is 11.4 Å². The Morgan fingerprint density at radius 3 is 2.48 bits per heavy atom. The molecule has 1 heterocycles. The van der Waals surface area contributed by atoms with E-state index in [1.54, 1.807) is 4.90 Å². The molecule has 4 heteroatoms. The summed E-state index contributed by atoms with van der Waals surface area (Å²) in [5.74, 6) is -0.349. The van der Waals surface area contributed by atoms with Crippen LogP contribution in [0.5, 0.6) is 0 Å². The second kappa shape index (κ2) is 6.84. The van der Waals surface area contributed by atoms with Crippen LogP contribution in [0.25, 0.3) is 0 Å². The van der Waals surface area contributed by atoms with Crippen LogP contribution < -0.4 is 10.2 Å². The Bertz CT molecular complexity index is 909. The molecule has 2 aromatic rings. The van der Waals surface area contributed by atoms with E-state index >= 15 is 0 Å². The summed E-state index contributed by atoms with van der Waals surface area (Å²) < 4.78 is 0. The van der Waals surface area contributed by atoms with Crippen LogP contribution >= 0.6 is 0 Å². The highest BCUT2D eigenvalue weighted by atomic mass is 16.2. The van der Waals surface area contributed by atoms with Crippen molar-refractivity contribution in [3.8, 4) is 0 Å². The lowest BCUT2D eigenvalue weighted by atomic mass is 10.0. The smallest absolute Gasteiger partial charge is 0.229 e. The van der Waals surface area contributed by atoms with Crippen LogP contribution in [0.1, 0.15) is 40.7 Å². The number of benzene rings is 2. The quantitative estimate of drug-likeness (QED) is 0.894. The Hall–Kier alpha value is -2.62. The summed E-state index contributed by atoms with van der Waals surface area (Å²) in [7, 11) is 0. The zero-order chi connectivity index (χ0) is 19.1. The Morgan fingerprint density at radius 2 is 1.74 bits per heavy atom. The maximum absolute atomic E-state index is 12.8. The lowest BCUT2D eigenvalue weighted by molar-refractivity contribution is -0.122. The van der Waals surface area contributed by atoms with E-state index in [0.29, 0.717) is 6.54 Å². The summed E-state index contributed by atoms with van der Waals surface area (Å²) in [5, 5.41) is 3.06. The molecular formula is C23H26N2O2. The van der Waals surface area contributed by atoms with Crippen LogP contribution in [-0.4, -0.2) is 18.4 Å². The van der Waals surface area contributed by atoms with Crippen molar-refractivity contribution >= 4 is 23.2 Å². The maximum atomic E-state index is 12.8. The van der Waals surface area contributed by atoms with E-state index in [1.165, 1.54) is 23.1 Å². The number of carbonyl (C=O) groups excluding carboxylic acids is 2. The molecule has 0 saturated carbocycles. The second-order valence-electron chi connectivity index (χ2n) is 7.97. The minimum atomic E-state index is -0.314. The monoisotopic (exact) mass is 362 g/mol. The lowest BCUT2D eigenvalue weighted by Gasteiger charge is -2.18. The number of nitrogens with zero attached hydrogens (tertiary/aromatic N) is 1. The van der Waals surface area contributed by atoms with Crippen LogP contribution in [0.15, 0.2) is 30.3 Å². The number of carbonyl (C=O) groups is 2. The van der Waals surface area contributed by atoms with Crippen molar-refractivity contribution in [3.63, 3.8) is 0 Å². The molecule has 1 atom stereocenters. The molecule has 2 amide bonds. The number of hydrogen-bond acceptors (Lipinski definition) is 2. The van der Waals surface area contributed by atoms with Gasteiger partial charge in [0.2, 0.25) is 11.8 Å². The number of nitrogens with one attached hydrogen (secondary N) is 1. The van der Waals surface area contributed by atoms with E-state index in [-0.39, 0.29) is 24.2 Å². The summed E-state index contributed by atoms with van der Waals surface area (Å²) in [6.07, 6.45) is 3.67. The first-order chi connectivity index (χ1) is 12.9. The Morgan fingerprint density at radius 1 is 1.04 bits per heavy atom. The molecule has 0 aromatic heterocycles. The summed E-state index contributed by atoms with van der Waals surface area (Å²) in [6, 6.07) is 10.4. The molecular weight excluding hydrogens is 336 g/mol. The van der Waals surface area contributed by atoms with Crippen LogP contribution in [0, 0.1) is 26.7 Å². The largest absolute Gasteiger partial charge is 0.325 e. The molecule has 140 valence electrons. The highest BCUT2D eigenvalue weighted by Gasteiger charge is 2.35. The standard InChI is InChI=1S/C23H26N2O2/c1-14-9-15(2)22(16(3)10-14)24-23(27)19-12-21(26)25(13-19)20-8-7-17-5-4-6-18(17)11-20/h7-11,19H,4-6,12-13H2,1-3H3,(H,24,27). The molecule has 2 aromatic carbocycles. The van der Waals surface area contributed by atoms with Crippen molar-refractivity contribution in [2.45, 2.75) is 46.5 Å². The van der Waals surface area contributed by atoms with Crippen LogP contribution in [0.2, 0.25) is 0 Å². The van der Waals surface area contributed by atoms with Gasteiger partial charge in [-0.2, -0.15) is 0 Å². The molecule has 1 N–H and O–H groups in total. The van der Waals surface area contributed by atoms with Gasteiger partial charge in [-0.1, -0.05) is 23.8 Å². The first-order valence-corrected chi connectivity index (χ1v) is 9.73. The molecule has 4 rings (SSSR count). The molecule has 1 fully saturated rings. The van der Waals surface area contributed by atoms with E-state index in [0.717, 1.165) is 35.3 Å². The van der Waals surface area contributed by atoms with Gasteiger partial charge in [-0.25, -0.2) is 0 Å². The Labute approximate surface area is 160 Å². The lowest BCUT2D eigenvalue weighted by Crippen LogP contribution is -2.28. The summed E-state index contributed by atoms with van der Waals surface area (Å²) in [6.45, 7) is 6.52. The highest BCUT2D eigenvalue weighted by molar-refractivity contribution is 6.04. The van der Waals surface area contributed by atoms with Crippen molar-refractivity contribution in [1.82, 2.24) is 0 Å². The molecule has 1 aliphatic carbocycles. The zero-order valence-corrected chi connectivity index (χ0v) is 16.3. The number of hydrogen-bond donors (Lipinski definition) is 1. The SMILES string of the molecule is Cc1cc(C)c(NC(=O)C2CC(=O)N(c3ccc4c(c3)CCC4)C2)c(C)c1. The minimum Gasteiger partial charge on any atom is -0.325 e. The van der Waals surface area contributed by atoms with Crippen LogP contribution in [-0.2, 0) is 22.4 Å². The summed E-state index contributed by atoms with van der Waals surface area (Å²) in [4.78, 5) is 27.2. The molecule has 4 nitrogen and oxygen atoms in total. The van der Waals surface area contributed by atoms with Gasteiger partial charge in [0.25, 0.3) is 0 Å². The average Bonchev–Trinajstić information content (AvgIpc) is 3.23. The van der Waals surface area contributed by atoms with E-state index in [9.17, 15) is 9.59 Å². The maximum Gasteiger partial charge on any atom is 0.229 e. The zero-order valence-electron chi connectivity index (χ0n) is 16.3. The first-order valence-electron chi connectivity index (χ1n) is 9.73. The fourth-order valence-electron chi connectivity index (χ4n) is 4.46. The summed E-state index contributed by atoms with van der Waals surface area (Å²) in [5.41, 5.74) is 7.83. The van der Waals surface area contributed by atoms with Crippen LogP contribution in [0.3, 0.4) is 0 Å². The third-order valence-electron chi connectivity index (χ3n) is 5.81. The van der Waals surface area contributed by atoms with E-state index in [2.05, 4.69) is 36.5 Å². The van der Waals surface area contributed by atoms with Crippen molar-refractivity contribution in [3.05, 3.63) is 58.1 Å². The van der Waals surface area contributed by atoms with Gasteiger partial charge in [0.15, 0.2) is 0 Å². The fourth-order valence-corrected chi connectivity index (χ4v) is 4.46. The number of rotatable bonds is 3. The topological polar surface area (TPSA) is 49.4 Å². The molecule has 0 spiro atoms. The van der Waals surface area contributed by atoms with Crippen molar-refractivity contribution in [1.29, 1.82) is 0 Å². The van der Waals surface area contributed by atoms with E-state index < -0.39 is 0 Å². The minimum absolute atomic E-state index is 0.0328. The Kier molecular flexibility index (Phi) is 4.50. The predicted octanol–water partition coefficient (Wildman–Crippen LogP) is 4.09. The van der Waals surface area contributed by atoms with Gasteiger partial charge in [0.05, 0.1) is 5.92 Å². The number of aryl methyl sites for hydroxylation is 5. The Balaban J connectivity index is 1.50. The van der Waals surface area contributed by atoms with Crippen molar-refractivity contribution in [2.24, 2.45) is 5.92 Å².